The molecule has 0 aromatic heterocycles. The highest BCUT2D eigenvalue weighted by molar-refractivity contribution is 6.51. The fourth-order valence-corrected chi connectivity index (χ4v) is 2.06. The average Bonchev–Trinajstić information content (AvgIpc) is 2.59. The Kier molecular flexibility index (Phi) is 5.69. The number of nitrogens with zero attached hydrogens (tertiary/aromatic N) is 1. The third kappa shape index (κ3) is 5.13. The highest BCUT2D eigenvalue weighted by Gasteiger charge is 2.33. The summed E-state index contributed by atoms with van der Waals surface area (Å²) in [5.41, 5.74) is -2.72. The molecule has 0 aliphatic rings. The van der Waals surface area contributed by atoms with Gasteiger partial charge in [-0.25, -0.2) is 9.21 Å². The van der Waals surface area contributed by atoms with Crippen LogP contribution in [-0.4, -0.2) is 11.9 Å². The van der Waals surface area contributed by atoms with E-state index in [4.69, 9.17) is 11.8 Å². The zero-order valence-electron chi connectivity index (χ0n) is 12.9. The number of benzene rings is 2. The predicted molar refractivity (Wildman–Crippen MR) is 81.9 cm³/mol. The van der Waals surface area contributed by atoms with E-state index in [0.29, 0.717) is 12.1 Å². The molecule has 0 N–H and O–H groups in total. The van der Waals surface area contributed by atoms with Crippen molar-refractivity contribution in [1.82, 2.24) is 0 Å². The summed E-state index contributed by atoms with van der Waals surface area (Å²) in [6, 6.07) is 6.35. The first kappa shape index (κ1) is 20.6. The summed E-state index contributed by atoms with van der Waals surface area (Å²) in [5.74, 6) is -3.85. The average molecular weight is 412 g/mol. The predicted octanol–water partition coefficient (Wildman–Crippen LogP) is 4.82. The fourth-order valence-electron chi connectivity index (χ4n) is 1.89. The molecule has 4 nitrogen and oxygen atoms in total. The molecule has 0 aliphatic carbocycles. The van der Waals surface area contributed by atoms with Crippen LogP contribution in [0, 0.1) is 0 Å². The van der Waals surface area contributed by atoms with E-state index < -0.39 is 46.8 Å². The van der Waals surface area contributed by atoms with E-state index in [1.54, 1.807) is 0 Å². The summed E-state index contributed by atoms with van der Waals surface area (Å²) in [6.45, 7) is 0. The number of halogens is 7. The van der Waals surface area contributed by atoms with E-state index in [0.717, 1.165) is 36.4 Å². The van der Waals surface area contributed by atoms with Crippen molar-refractivity contribution in [3.8, 4) is 5.75 Å². The zero-order valence-corrected chi connectivity index (χ0v) is 13.7. The molecule has 0 heterocycles. The molecule has 27 heavy (non-hydrogen) atoms. The molecule has 0 bridgehead atoms. The SMILES string of the molecule is O=C(Oc1cccc(C(F)(F)F)c1)C(=O)N(Cl)c1cccc(C(F)(F)F)c1. The van der Waals surface area contributed by atoms with E-state index in [-0.39, 0.29) is 4.42 Å². The highest BCUT2D eigenvalue weighted by Crippen LogP contribution is 2.33. The number of hydrogen-bond donors (Lipinski definition) is 0. The van der Waals surface area contributed by atoms with Crippen LogP contribution in [0.1, 0.15) is 11.1 Å². The molecule has 0 spiro atoms. The molecular formula is C16H8ClF6NO3. The number of alkyl halides is 6. The van der Waals surface area contributed by atoms with E-state index in [1.807, 2.05) is 0 Å². The number of carbonyl (C=O) groups is 2. The lowest BCUT2D eigenvalue weighted by molar-refractivity contribution is -0.146. The van der Waals surface area contributed by atoms with Crippen molar-refractivity contribution < 1.29 is 40.7 Å². The molecular weight excluding hydrogens is 404 g/mol. The van der Waals surface area contributed by atoms with E-state index in [1.165, 1.54) is 0 Å². The molecule has 0 radical (unpaired) electrons. The van der Waals surface area contributed by atoms with Gasteiger partial charge in [-0.1, -0.05) is 12.1 Å². The third-order valence-corrected chi connectivity index (χ3v) is 3.47. The third-order valence-electron chi connectivity index (χ3n) is 3.13. The summed E-state index contributed by atoms with van der Waals surface area (Å²) in [5, 5.41) is 0. The number of rotatable bonds is 2. The molecule has 1 amide bonds. The topological polar surface area (TPSA) is 46.6 Å². The Labute approximate surface area is 153 Å². The van der Waals surface area contributed by atoms with Crippen molar-refractivity contribution in [2.45, 2.75) is 12.4 Å². The van der Waals surface area contributed by atoms with Gasteiger partial charge in [-0.2, -0.15) is 26.3 Å². The second-order valence-electron chi connectivity index (χ2n) is 5.05. The summed E-state index contributed by atoms with van der Waals surface area (Å²) >= 11 is 5.58. The first-order valence-electron chi connectivity index (χ1n) is 6.96. The molecule has 2 rings (SSSR count). The number of hydrogen-bond acceptors (Lipinski definition) is 3. The van der Waals surface area contributed by atoms with Crippen molar-refractivity contribution >= 4 is 29.3 Å². The van der Waals surface area contributed by atoms with Crippen LogP contribution in [0.2, 0.25) is 0 Å². The van der Waals surface area contributed by atoms with Gasteiger partial charge in [0.05, 0.1) is 16.8 Å². The van der Waals surface area contributed by atoms with Gasteiger partial charge in [0.1, 0.15) is 5.75 Å². The van der Waals surface area contributed by atoms with Crippen LogP contribution in [0.3, 0.4) is 0 Å². The lowest BCUT2D eigenvalue weighted by Gasteiger charge is -2.15. The van der Waals surface area contributed by atoms with Crippen molar-refractivity contribution in [2.75, 3.05) is 4.42 Å². The maximum atomic E-state index is 12.7. The monoisotopic (exact) mass is 411 g/mol. The second kappa shape index (κ2) is 7.47. The molecule has 0 aliphatic heterocycles. The number of carbonyl (C=O) groups excluding carboxylic acids is 2. The fraction of sp³-hybridized carbons (Fsp3) is 0.125. The Balaban J connectivity index is 2.17. The molecule has 0 unspecified atom stereocenters. The van der Waals surface area contributed by atoms with Gasteiger partial charge in [-0.3, -0.25) is 4.79 Å². The Hall–Kier alpha value is -2.75. The molecule has 0 saturated heterocycles. The molecule has 0 saturated carbocycles. The van der Waals surface area contributed by atoms with E-state index >= 15 is 0 Å². The number of ether oxygens (including phenoxy) is 1. The lowest BCUT2D eigenvalue weighted by atomic mass is 10.2. The number of esters is 1. The largest absolute Gasteiger partial charge is 0.419 e. The van der Waals surface area contributed by atoms with Crippen LogP contribution in [0.5, 0.6) is 5.75 Å². The highest BCUT2D eigenvalue weighted by atomic mass is 35.5. The smallest absolute Gasteiger partial charge is 0.416 e. The van der Waals surface area contributed by atoms with Gasteiger partial charge in [0.15, 0.2) is 0 Å². The van der Waals surface area contributed by atoms with Gasteiger partial charge in [0, 0.05) is 11.8 Å². The minimum atomic E-state index is -4.71. The maximum absolute atomic E-state index is 12.7. The lowest BCUT2D eigenvalue weighted by Crippen LogP contribution is -2.32. The molecule has 0 fully saturated rings. The molecule has 2 aromatic rings. The zero-order chi connectivity index (χ0) is 20.4. The van der Waals surface area contributed by atoms with Gasteiger partial charge in [0.2, 0.25) is 0 Å². The Morgan fingerprint density at radius 2 is 1.37 bits per heavy atom. The summed E-state index contributed by atoms with van der Waals surface area (Å²) in [7, 11) is 0. The van der Waals surface area contributed by atoms with E-state index in [2.05, 4.69) is 4.74 Å². The van der Waals surface area contributed by atoms with Crippen LogP contribution < -0.4 is 9.16 Å². The molecule has 0 atom stereocenters. The van der Waals surface area contributed by atoms with Crippen LogP contribution in [0.25, 0.3) is 0 Å². The van der Waals surface area contributed by atoms with Crippen LogP contribution in [0.4, 0.5) is 32.0 Å². The van der Waals surface area contributed by atoms with Gasteiger partial charge in [-0.05, 0) is 36.4 Å². The molecule has 144 valence electrons. The number of anilines is 1. The van der Waals surface area contributed by atoms with Gasteiger partial charge >= 0.3 is 24.2 Å². The minimum absolute atomic E-state index is 0.0746. The first-order valence-corrected chi connectivity index (χ1v) is 7.30. The van der Waals surface area contributed by atoms with Gasteiger partial charge in [0.25, 0.3) is 0 Å². The van der Waals surface area contributed by atoms with Crippen molar-refractivity contribution in [3.05, 3.63) is 59.7 Å². The standard InChI is InChI=1S/C16H8ClF6NO3/c17-24(11-5-1-3-9(7-11)15(18,19)20)13(25)14(26)27-12-6-2-4-10(8-12)16(21,22)23/h1-8H. The van der Waals surface area contributed by atoms with Crippen LogP contribution in [-0.2, 0) is 21.9 Å². The molecule has 2 aromatic carbocycles. The van der Waals surface area contributed by atoms with Gasteiger partial charge in [-0.15, -0.1) is 0 Å². The second-order valence-corrected chi connectivity index (χ2v) is 5.39. The van der Waals surface area contributed by atoms with Crippen molar-refractivity contribution in [3.63, 3.8) is 0 Å². The maximum Gasteiger partial charge on any atom is 0.416 e. The normalized spacial score (nSPS) is 11.8. The van der Waals surface area contributed by atoms with Crippen LogP contribution >= 0.6 is 11.8 Å². The Morgan fingerprint density at radius 1 is 0.852 bits per heavy atom. The van der Waals surface area contributed by atoms with E-state index in [9.17, 15) is 35.9 Å². The Bertz CT molecular complexity index is 866. The van der Waals surface area contributed by atoms with Gasteiger partial charge < -0.3 is 4.74 Å². The summed E-state index contributed by atoms with van der Waals surface area (Å²) < 4.78 is 80.5. The van der Waals surface area contributed by atoms with Crippen molar-refractivity contribution in [1.29, 1.82) is 0 Å². The van der Waals surface area contributed by atoms with Crippen molar-refractivity contribution in [2.24, 2.45) is 0 Å². The molecule has 11 heteroatoms. The van der Waals surface area contributed by atoms with Crippen LogP contribution in [0.15, 0.2) is 48.5 Å². The Morgan fingerprint density at radius 3 is 1.93 bits per heavy atom. The minimum Gasteiger partial charge on any atom is -0.419 e. The summed E-state index contributed by atoms with van der Waals surface area (Å²) in [6.07, 6.45) is -9.42. The first-order chi connectivity index (χ1) is 12.4. The number of amides is 1. The quantitative estimate of drug-likeness (QED) is 0.234. The summed E-state index contributed by atoms with van der Waals surface area (Å²) in [4.78, 5) is 23.7.